The predicted octanol–water partition coefficient (Wildman–Crippen LogP) is 4.06. The van der Waals surface area contributed by atoms with Gasteiger partial charge in [0.25, 0.3) is 0 Å². The summed E-state index contributed by atoms with van der Waals surface area (Å²) in [6, 6.07) is 7.70. The van der Waals surface area contributed by atoms with E-state index in [-0.39, 0.29) is 25.1 Å². The molecule has 3 N–H and O–H groups in total. The van der Waals surface area contributed by atoms with Crippen molar-refractivity contribution in [3.8, 4) is 0 Å². The van der Waals surface area contributed by atoms with Crippen molar-refractivity contribution in [3.05, 3.63) is 35.4 Å². The summed E-state index contributed by atoms with van der Waals surface area (Å²) in [5.41, 5.74) is 6.33. The lowest BCUT2D eigenvalue weighted by Gasteiger charge is -2.27. The summed E-state index contributed by atoms with van der Waals surface area (Å²) in [7, 11) is 0. The molecular formula is C29H48N2O8. The molecular weight excluding hydrogens is 504 g/mol. The second-order valence-corrected chi connectivity index (χ2v) is 11.4. The Morgan fingerprint density at radius 2 is 1.46 bits per heavy atom. The molecule has 0 saturated heterocycles. The molecule has 39 heavy (non-hydrogen) atoms. The fraction of sp³-hybridized carbons (Fsp3) is 0.690. The lowest BCUT2D eigenvalue weighted by Crippen LogP contribution is -2.45. The fourth-order valence-corrected chi connectivity index (χ4v) is 3.45. The topological polar surface area (TPSA) is 135 Å². The number of ether oxygens (including phenoxy) is 5. The van der Waals surface area contributed by atoms with Crippen LogP contribution in [0.5, 0.6) is 0 Å². The largest absolute Gasteiger partial charge is 0.458 e. The summed E-state index contributed by atoms with van der Waals surface area (Å²) < 4.78 is 27.4. The molecule has 2 amide bonds. The van der Waals surface area contributed by atoms with Gasteiger partial charge in [0.1, 0.15) is 17.8 Å². The Morgan fingerprint density at radius 1 is 0.872 bits per heavy atom. The van der Waals surface area contributed by atoms with Crippen LogP contribution < -0.4 is 11.1 Å². The van der Waals surface area contributed by atoms with Gasteiger partial charge in [-0.15, -0.1) is 0 Å². The molecule has 0 aliphatic heterocycles. The lowest BCUT2D eigenvalue weighted by atomic mass is 10.1. The Balaban J connectivity index is 2.34. The normalized spacial score (nSPS) is 13.4. The lowest BCUT2D eigenvalue weighted by molar-refractivity contribution is -0.160. The van der Waals surface area contributed by atoms with Gasteiger partial charge in [0.2, 0.25) is 5.91 Å². The van der Waals surface area contributed by atoms with E-state index in [0.29, 0.717) is 32.8 Å². The van der Waals surface area contributed by atoms with Crippen LogP contribution in [0.3, 0.4) is 0 Å². The Morgan fingerprint density at radius 3 is 2.05 bits per heavy atom. The van der Waals surface area contributed by atoms with Crippen LogP contribution in [0.1, 0.15) is 78.9 Å². The van der Waals surface area contributed by atoms with Gasteiger partial charge in [-0.2, -0.15) is 0 Å². The van der Waals surface area contributed by atoms with E-state index < -0.39 is 29.2 Å². The molecule has 0 bridgehead atoms. The molecule has 0 aromatic heterocycles. The number of hydrogen-bond donors (Lipinski definition) is 2. The second-order valence-electron chi connectivity index (χ2n) is 11.4. The molecule has 0 unspecified atom stereocenters. The highest BCUT2D eigenvalue weighted by Crippen LogP contribution is 2.14. The van der Waals surface area contributed by atoms with Gasteiger partial charge < -0.3 is 34.7 Å². The van der Waals surface area contributed by atoms with Crippen molar-refractivity contribution < 1.29 is 38.1 Å². The van der Waals surface area contributed by atoms with Gasteiger partial charge >= 0.3 is 12.1 Å². The van der Waals surface area contributed by atoms with Gasteiger partial charge in [-0.3, -0.25) is 4.79 Å². The van der Waals surface area contributed by atoms with Crippen molar-refractivity contribution in [1.82, 2.24) is 5.32 Å². The summed E-state index contributed by atoms with van der Waals surface area (Å²) in [4.78, 5) is 35.1. The van der Waals surface area contributed by atoms with E-state index in [0.717, 1.165) is 18.4 Å². The summed E-state index contributed by atoms with van der Waals surface area (Å²) in [6.07, 6.45) is 1.29. The number of aryl methyl sites for hydroxylation is 1. The predicted molar refractivity (Wildman–Crippen MR) is 148 cm³/mol. The highest BCUT2D eigenvalue weighted by atomic mass is 16.6. The maximum absolute atomic E-state index is 12.2. The number of benzene rings is 1. The number of amides is 2. The summed E-state index contributed by atoms with van der Waals surface area (Å²) in [5, 5.41) is 2.80. The molecule has 0 aliphatic rings. The number of carbonyl (C=O) groups excluding carboxylic acids is 3. The van der Waals surface area contributed by atoms with Crippen LogP contribution in [0.4, 0.5) is 4.79 Å². The van der Waals surface area contributed by atoms with Gasteiger partial charge in [-0.05, 0) is 78.9 Å². The number of alkyl carbamates (subject to hydrolysis) is 1. The molecule has 0 spiro atoms. The Kier molecular flexibility index (Phi) is 15.1. The molecule has 2 atom stereocenters. The molecule has 10 heteroatoms. The maximum atomic E-state index is 12.2. The van der Waals surface area contributed by atoms with Gasteiger partial charge in [0.05, 0.1) is 32.0 Å². The first kappa shape index (κ1) is 34.3. The third-order valence-corrected chi connectivity index (χ3v) is 5.27. The number of nitrogens with one attached hydrogen (secondary N) is 1. The minimum atomic E-state index is -0.631. The zero-order valence-corrected chi connectivity index (χ0v) is 24.7. The van der Waals surface area contributed by atoms with E-state index in [4.69, 9.17) is 29.4 Å². The minimum absolute atomic E-state index is 0.0796. The van der Waals surface area contributed by atoms with E-state index in [9.17, 15) is 14.4 Å². The highest BCUT2D eigenvalue weighted by molar-refractivity contribution is 5.74. The number of nitrogens with two attached hydrogens (primary N) is 1. The first-order valence-corrected chi connectivity index (χ1v) is 13.5. The van der Waals surface area contributed by atoms with Crippen LogP contribution in [0.25, 0.3) is 0 Å². The molecule has 0 aliphatic carbocycles. The van der Waals surface area contributed by atoms with E-state index in [1.54, 1.807) is 20.8 Å². The Bertz CT molecular complexity index is 875. The number of carbonyl (C=O) groups is 3. The third-order valence-electron chi connectivity index (χ3n) is 5.27. The number of esters is 1. The molecule has 1 aromatic rings. The van der Waals surface area contributed by atoms with E-state index in [2.05, 4.69) is 17.4 Å². The monoisotopic (exact) mass is 552 g/mol. The van der Waals surface area contributed by atoms with E-state index in [1.165, 1.54) is 5.56 Å². The average molecular weight is 553 g/mol. The van der Waals surface area contributed by atoms with Crippen LogP contribution in [-0.2, 0) is 46.3 Å². The van der Waals surface area contributed by atoms with Crippen molar-refractivity contribution in [3.63, 3.8) is 0 Å². The first-order chi connectivity index (χ1) is 18.1. The molecule has 0 saturated carbocycles. The summed E-state index contributed by atoms with van der Waals surface area (Å²) in [5.74, 6) is -0.822. The van der Waals surface area contributed by atoms with Crippen molar-refractivity contribution >= 4 is 18.0 Å². The number of rotatable bonds is 17. The second kappa shape index (κ2) is 17.1. The number of hydrogen-bond acceptors (Lipinski definition) is 8. The summed E-state index contributed by atoms with van der Waals surface area (Å²) >= 11 is 0. The van der Waals surface area contributed by atoms with Gasteiger partial charge in [0.15, 0.2) is 0 Å². The standard InChI is InChI=1S/C29H48N2O8/c1-21(24(14-15-25(30)32)31-27(34)39-29(5,6)7)37-19-23-12-10-22(11-13-23)9-8-16-35-17-18-36-20-26(33)38-28(2,3)4/h10-13,21,24H,8-9,14-20H2,1-7H3,(H2,30,32)(H,31,34)/t21-,24+/m1/s1. The van der Waals surface area contributed by atoms with Gasteiger partial charge in [0, 0.05) is 13.0 Å². The minimum Gasteiger partial charge on any atom is -0.458 e. The van der Waals surface area contributed by atoms with Crippen molar-refractivity contribution in [2.45, 2.75) is 104 Å². The Labute approximate surface area is 233 Å². The molecule has 222 valence electrons. The van der Waals surface area contributed by atoms with Gasteiger partial charge in [-0.1, -0.05) is 24.3 Å². The molecule has 10 nitrogen and oxygen atoms in total. The van der Waals surface area contributed by atoms with Crippen molar-refractivity contribution in [1.29, 1.82) is 0 Å². The SMILES string of the molecule is C[C@@H](OCc1ccc(CCCOCCOCC(=O)OC(C)(C)C)cc1)[C@H](CCC(N)=O)NC(=O)OC(C)(C)C. The van der Waals surface area contributed by atoms with Crippen LogP contribution in [0.2, 0.25) is 0 Å². The van der Waals surface area contributed by atoms with Crippen LogP contribution in [0, 0.1) is 0 Å². The number of primary amides is 1. The maximum Gasteiger partial charge on any atom is 0.407 e. The molecule has 0 heterocycles. The van der Waals surface area contributed by atoms with Crippen molar-refractivity contribution in [2.24, 2.45) is 5.73 Å². The van der Waals surface area contributed by atoms with E-state index in [1.807, 2.05) is 39.8 Å². The third kappa shape index (κ3) is 18.3. The Hall–Kier alpha value is -2.69. The zero-order chi connectivity index (χ0) is 29.5. The van der Waals surface area contributed by atoms with Crippen molar-refractivity contribution in [2.75, 3.05) is 26.4 Å². The van der Waals surface area contributed by atoms with E-state index >= 15 is 0 Å². The van der Waals surface area contributed by atoms with Crippen LogP contribution in [-0.4, -0.2) is 67.7 Å². The fourth-order valence-electron chi connectivity index (χ4n) is 3.45. The first-order valence-electron chi connectivity index (χ1n) is 13.5. The van der Waals surface area contributed by atoms with Crippen LogP contribution in [0.15, 0.2) is 24.3 Å². The summed E-state index contributed by atoms with van der Waals surface area (Å²) in [6.45, 7) is 14.3. The molecule has 0 radical (unpaired) electrons. The average Bonchev–Trinajstić information content (AvgIpc) is 2.80. The quantitative estimate of drug-likeness (QED) is 0.218. The molecule has 1 rings (SSSR count). The molecule has 0 fully saturated rings. The zero-order valence-electron chi connectivity index (χ0n) is 24.7. The van der Waals surface area contributed by atoms with Crippen LogP contribution >= 0.6 is 0 Å². The molecule has 1 aromatic carbocycles. The highest BCUT2D eigenvalue weighted by Gasteiger charge is 2.24. The smallest absolute Gasteiger partial charge is 0.407 e. The van der Waals surface area contributed by atoms with Gasteiger partial charge in [-0.25, -0.2) is 9.59 Å².